The molecule has 5 aromatic carbocycles. The molecule has 0 saturated carbocycles. The number of benzene rings is 5. The Hall–Kier alpha value is -4.70. The molecule has 0 heterocycles. The third-order valence-electron chi connectivity index (χ3n) is 6.85. The Morgan fingerprint density at radius 3 is 1.82 bits per heavy atom. The Labute approximate surface area is 230 Å². The maximum atomic E-state index is 10.0. The summed E-state index contributed by atoms with van der Waals surface area (Å²) in [6.45, 7) is 8.21. The largest absolute Gasteiger partial charge is 0.488 e. The van der Waals surface area contributed by atoms with Gasteiger partial charge in [0.05, 0.1) is 0 Å². The summed E-state index contributed by atoms with van der Waals surface area (Å²) in [6.07, 6.45) is 11.6. The van der Waals surface area contributed by atoms with Gasteiger partial charge in [-0.25, -0.2) is 0 Å². The van der Waals surface area contributed by atoms with E-state index in [0.29, 0.717) is 5.46 Å². The minimum absolute atomic E-state index is 0.415. The second-order valence-electron chi connectivity index (χ2n) is 9.37. The molecular weight excluding hydrogens is 475 g/mol. The summed E-state index contributed by atoms with van der Waals surface area (Å²) in [6, 6.07) is 34.8. The van der Waals surface area contributed by atoms with Gasteiger partial charge in [-0.1, -0.05) is 141 Å². The summed E-state index contributed by atoms with van der Waals surface area (Å²) in [5.74, 6) is 0. The molecule has 0 aromatic heterocycles. The zero-order valence-electron chi connectivity index (χ0n) is 21.7. The van der Waals surface area contributed by atoms with Gasteiger partial charge in [-0.3, -0.25) is 0 Å². The maximum absolute atomic E-state index is 10.0. The number of hydrogen-bond donors (Lipinski definition) is 2. The Morgan fingerprint density at radius 2 is 1.18 bits per heavy atom. The monoisotopic (exact) mass is 504 g/mol. The van der Waals surface area contributed by atoms with E-state index in [1.54, 1.807) is 12.1 Å². The molecule has 2 nitrogen and oxygen atoms in total. The molecule has 3 heteroatoms. The highest BCUT2D eigenvalue weighted by atomic mass is 16.4. The van der Waals surface area contributed by atoms with Crippen molar-refractivity contribution in [1.82, 2.24) is 0 Å². The van der Waals surface area contributed by atoms with Crippen LogP contribution in [0.1, 0.15) is 22.3 Å². The first-order chi connectivity index (χ1) is 19.0. The van der Waals surface area contributed by atoms with Gasteiger partial charge in [-0.15, -0.1) is 0 Å². The van der Waals surface area contributed by atoms with Gasteiger partial charge in [0.25, 0.3) is 0 Å². The van der Waals surface area contributed by atoms with Crippen molar-refractivity contribution < 1.29 is 10.0 Å². The van der Waals surface area contributed by atoms with Crippen LogP contribution in [0.5, 0.6) is 0 Å². The van der Waals surface area contributed by atoms with Crippen LogP contribution in [0.2, 0.25) is 0 Å². The summed E-state index contributed by atoms with van der Waals surface area (Å²) in [7, 11) is -1.58. The summed E-state index contributed by atoms with van der Waals surface area (Å²) < 4.78 is 0. The number of rotatable bonds is 8. The summed E-state index contributed by atoms with van der Waals surface area (Å²) in [4.78, 5) is 0. The first kappa shape index (κ1) is 25.9. The number of allylic oxidation sites excluding steroid dienone is 6. The van der Waals surface area contributed by atoms with Gasteiger partial charge in [0.15, 0.2) is 0 Å². The quantitative estimate of drug-likeness (QED) is 0.170. The highest BCUT2D eigenvalue weighted by molar-refractivity contribution is 6.58. The number of hydrogen-bond acceptors (Lipinski definition) is 2. The van der Waals surface area contributed by atoms with E-state index in [9.17, 15) is 10.0 Å². The zero-order chi connectivity index (χ0) is 27.2. The normalized spacial score (nSPS) is 12.0. The molecule has 0 atom stereocenters. The Morgan fingerprint density at radius 1 is 0.590 bits per heavy atom. The van der Waals surface area contributed by atoms with Crippen molar-refractivity contribution in [2.45, 2.75) is 0 Å². The maximum Gasteiger partial charge on any atom is 0.488 e. The van der Waals surface area contributed by atoms with E-state index in [4.69, 9.17) is 0 Å². The van der Waals surface area contributed by atoms with Crippen LogP contribution in [0.15, 0.2) is 153 Å². The molecule has 5 aromatic rings. The molecule has 0 bridgehead atoms. The van der Waals surface area contributed by atoms with Crippen molar-refractivity contribution in [2.24, 2.45) is 0 Å². The van der Waals surface area contributed by atoms with Crippen molar-refractivity contribution in [3.05, 3.63) is 175 Å². The van der Waals surface area contributed by atoms with Gasteiger partial charge in [-0.05, 0) is 72.5 Å². The molecule has 0 saturated heterocycles. The third-order valence-corrected chi connectivity index (χ3v) is 6.85. The molecule has 0 amide bonds. The van der Waals surface area contributed by atoms with Gasteiger partial charge >= 0.3 is 7.12 Å². The van der Waals surface area contributed by atoms with Crippen LogP contribution >= 0.6 is 0 Å². The van der Waals surface area contributed by atoms with Crippen LogP contribution in [0.3, 0.4) is 0 Å². The first-order valence-electron chi connectivity index (χ1n) is 12.9. The fourth-order valence-electron chi connectivity index (χ4n) is 4.80. The minimum atomic E-state index is -1.58. The van der Waals surface area contributed by atoms with Crippen molar-refractivity contribution in [1.29, 1.82) is 0 Å². The lowest BCUT2D eigenvalue weighted by Crippen LogP contribution is -2.30. The lowest BCUT2D eigenvalue weighted by molar-refractivity contribution is 0.426. The fraction of sp³-hybridized carbons (Fsp3) is 0. The van der Waals surface area contributed by atoms with Gasteiger partial charge in [0.2, 0.25) is 0 Å². The van der Waals surface area contributed by atoms with Crippen LogP contribution in [0, 0.1) is 0 Å². The molecule has 188 valence electrons. The molecule has 0 fully saturated rings. The first-order valence-corrected chi connectivity index (χ1v) is 12.9. The highest BCUT2D eigenvalue weighted by Crippen LogP contribution is 2.34. The predicted octanol–water partition coefficient (Wildman–Crippen LogP) is 7.46. The van der Waals surface area contributed by atoms with E-state index in [1.165, 1.54) is 5.39 Å². The standard InChI is InChI=1S/C36H29BO2/c1-3-4-5-6-7-16-34(32-20-18-28-13-9-11-15-31(28)24-32)35-22-21-33(37(38)39)25-36(35)26(2)29-19-17-27-12-8-10-14-30(27)23-29/h3-25,38-39H,1-2H2/b5-4-,7-6-,34-16-. The second-order valence-corrected chi connectivity index (χ2v) is 9.37. The Bertz CT molecular complexity index is 1770. The molecule has 2 N–H and O–H groups in total. The van der Waals surface area contributed by atoms with Crippen molar-refractivity contribution in [3.8, 4) is 0 Å². The summed E-state index contributed by atoms with van der Waals surface area (Å²) in [5, 5.41) is 24.6. The minimum Gasteiger partial charge on any atom is -0.423 e. The smallest absolute Gasteiger partial charge is 0.423 e. The van der Waals surface area contributed by atoms with E-state index in [1.807, 2.05) is 60.7 Å². The van der Waals surface area contributed by atoms with Crippen molar-refractivity contribution in [3.63, 3.8) is 0 Å². The second kappa shape index (κ2) is 11.8. The van der Waals surface area contributed by atoms with Gasteiger partial charge < -0.3 is 10.0 Å². The Kier molecular flexibility index (Phi) is 7.84. The van der Waals surface area contributed by atoms with Gasteiger partial charge in [0, 0.05) is 0 Å². The van der Waals surface area contributed by atoms with Gasteiger partial charge in [0.1, 0.15) is 0 Å². The molecule has 0 aliphatic carbocycles. The number of fused-ring (bicyclic) bond motifs is 2. The van der Waals surface area contributed by atoms with Gasteiger partial charge in [-0.2, -0.15) is 0 Å². The molecule has 5 rings (SSSR count). The average molecular weight is 504 g/mol. The molecule has 0 spiro atoms. The SMILES string of the molecule is C=C\C=C/C=C\C=C(\c1ccc2ccccc2c1)c1ccc(B(O)O)cc1C(=C)c1ccc2ccccc2c1. The van der Waals surface area contributed by atoms with E-state index in [0.717, 1.165) is 49.6 Å². The van der Waals surface area contributed by atoms with Crippen LogP contribution in [-0.4, -0.2) is 17.2 Å². The topological polar surface area (TPSA) is 40.5 Å². The fourth-order valence-corrected chi connectivity index (χ4v) is 4.80. The third kappa shape index (κ3) is 5.76. The lowest BCUT2D eigenvalue weighted by atomic mass is 9.76. The average Bonchev–Trinajstić information content (AvgIpc) is 2.98. The Balaban J connectivity index is 1.70. The molecule has 0 unspecified atom stereocenters. The molecule has 0 aliphatic rings. The van der Waals surface area contributed by atoms with Crippen molar-refractivity contribution in [2.75, 3.05) is 0 Å². The van der Waals surface area contributed by atoms with Crippen LogP contribution in [-0.2, 0) is 0 Å². The van der Waals surface area contributed by atoms with Crippen LogP contribution in [0.4, 0.5) is 0 Å². The highest BCUT2D eigenvalue weighted by Gasteiger charge is 2.19. The van der Waals surface area contributed by atoms with Crippen LogP contribution < -0.4 is 5.46 Å². The molecular formula is C36H29BO2. The van der Waals surface area contributed by atoms with E-state index in [2.05, 4.69) is 79.9 Å². The predicted molar refractivity (Wildman–Crippen MR) is 168 cm³/mol. The molecule has 39 heavy (non-hydrogen) atoms. The zero-order valence-corrected chi connectivity index (χ0v) is 21.7. The van der Waals surface area contributed by atoms with E-state index in [-0.39, 0.29) is 0 Å². The van der Waals surface area contributed by atoms with Crippen molar-refractivity contribution >= 4 is 45.3 Å². The summed E-state index contributed by atoms with van der Waals surface area (Å²) >= 11 is 0. The van der Waals surface area contributed by atoms with E-state index < -0.39 is 7.12 Å². The van der Waals surface area contributed by atoms with Crippen LogP contribution in [0.25, 0.3) is 32.7 Å². The molecule has 0 radical (unpaired) electrons. The lowest BCUT2D eigenvalue weighted by Gasteiger charge is -2.18. The summed E-state index contributed by atoms with van der Waals surface area (Å²) in [5.41, 5.74) is 6.03. The van der Waals surface area contributed by atoms with E-state index >= 15 is 0 Å². The molecule has 0 aliphatic heterocycles.